The van der Waals surface area contributed by atoms with Crippen molar-refractivity contribution in [3.05, 3.63) is 44.4 Å². The quantitative estimate of drug-likeness (QED) is 0.839. The van der Waals surface area contributed by atoms with E-state index in [9.17, 15) is 4.79 Å². The number of amides is 1. The molecule has 4 nitrogen and oxygen atoms in total. The first-order valence-corrected chi connectivity index (χ1v) is 6.57. The molecule has 94 valence electrons. The maximum Gasteiger partial charge on any atom is 0.261 e. The second kappa shape index (κ2) is 5.09. The van der Waals surface area contributed by atoms with Crippen molar-refractivity contribution >= 4 is 34.2 Å². The maximum absolute atomic E-state index is 12.1. The minimum Gasteiger partial charge on any atom is -0.361 e. The Labute approximate surface area is 119 Å². The van der Waals surface area contributed by atoms with Gasteiger partial charge in [-0.1, -0.05) is 11.2 Å². The Bertz CT molecular complexity index is 586. The van der Waals surface area contributed by atoms with Crippen LogP contribution in [0, 0.1) is 24.3 Å². The monoisotopic (exact) mass is 356 g/mol. The summed E-state index contributed by atoms with van der Waals surface area (Å²) in [5.41, 5.74) is 3.07. The molecule has 1 aromatic carbocycles. The lowest BCUT2D eigenvalue weighted by Crippen LogP contribution is -2.13. The third-order valence-electron chi connectivity index (χ3n) is 2.69. The number of aryl methyl sites for hydroxylation is 3. The van der Waals surface area contributed by atoms with Crippen LogP contribution in [0.2, 0.25) is 0 Å². The predicted molar refractivity (Wildman–Crippen MR) is 77.8 cm³/mol. The number of anilines is 1. The largest absolute Gasteiger partial charge is 0.361 e. The van der Waals surface area contributed by atoms with Crippen molar-refractivity contribution in [2.45, 2.75) is 20.8 Å². The van der Waals surface area contributed by atoms with Crippen molar-refractivity contribution in [1.82, 2.24) is 5.16 Å². The van der Waals surface area contributed by atoms with Gasteiger partial charge in [-0.05, 0) is 61.1 Å². The molecule has 1 amide bonds. The van der Waals surface area contributed by atoms with Gasteiger partial charge in [0.15, 0.2) is 0 Å². The van der Waals surface area contributed by atoms with Crippen LogP contribution in [0.15, 0.2) is 22.7 Å². The Morgan fingerprint density at radius 2 is 2.06 bits per heavy atom. The Morgan fingerprint density at radius 1 is 1.33 bits per heavy atom. The van der Waals surface area contributed by atoms with E-state index in [4.69, 9.17) is 4.52 Å². The summed E-state index contributed by atoms with van der Waals surface area (Å²) < 4.78 is 6.10. The average molecular weight is 356 g/mol. The number of carbonyl (C=O) groups excluding carboxylic acids is 1. The number of hydrogen-bond acceptors (Lipinski definition) is 3. The summed E-state index contributed by atoms with van der Waals surface area (Å²) in [6.45, 7) is 5.51. The average Bonchev–Trinajstić information content (AvgIpc) is 2.64. The van der Waals surface area contributed by atoms with Gasteiger partial charge < -0.3 is 9.84 Å². The Morgan fingerprint density at radius 3 is 2.61 bits per heavy atom. The second-order valence-corrected chi connectivity index (χ2v) is 5.28. The van der Waals surface area contributed by atoms with Gasteiger partial charge in [0.25, 0.3) is 5.91 Å². The minimum absolute atomic E-state index is 0.189. The summed E-state index contributed by atoms with van der Waals surface area (Å²) in [5.74, 6) is 0.345. The van der Waals surface area contributed by atoms with Crippen molar-refractivity contribution in [3.8, 4) is 0 Å². The van der Waals surface area contributed by atoms with Gasteiger partial charge >= 0.3 is 0 Å². The van der Waals surface area contributed by atoms with E-state index in [0.717, 1.165) is 9.26 Å². The van der Waals surface area contributed by atoms with Gasteiger partial charge in [0.2, 0.25) is 0 Å². The van der Waals surface area contributed by atoms with E-state index in [1.807, 2.05) is 25.1 Å². The fraction of sp³-hybridized carbons (Fsp3) is 0.231. The summed E-state index contributed by atoms with van der Waals surface area (Å²) in [5, 5.41) is 6.62. The molecule has 0 fully saturated rings. The zero-order valence-corrected chi connectivity index (χ0v) is 12.5. The fourth-order valence-corrected chi connectivity index (χ4v) is 2.19. The molecule has 0 atom stereocenters. The summed E-state index contributed by atoms with van der Waals surface area (Å²) in [6.07, 6.45) is 0. The molecule has 0 aliphatic heterocycles. The summed E-state index contributed by atoms with van der Waals surface area (Å²) in [7, 11) is 0. The summed E-state index contributed by atoms with van der Waals surface area (Å²) in [6, 6.07) is 5.80. The lowest BCUT2D eigenvalue weighted by Gasteiger charge is -2.06. The van der Waals surface area contributed by atoms with Crippen LogP contribution in [0.4, 0.5) is 5.69 Å². The summed E-state index contributed by atoms with van der Waals surface area (Å²) in [4.78, 5) is 12.1. The molecule has 1 heterocycles. The highest BCUT2D eigenvalue weighted by molar-refractivity contribution is 14.1. The number of carbonyl (C=O) groups is 1. The van der Waals surface area contributed by atoms with Crippen LogP contribution in [-0.2, 0) is 0 Å². The molecular formula is C13H13IN2O2. The van der Waals surface area contributed by atoms with Gasteiger partial charge in [-0.3, -0.25) is 4.79 Å². The van der Waals surface area contributed by atoms with Crippen molar-refractivity contribution in [3.63, 3.8) is 0 Å². The Kier molecular flexibility index (Phi) is 3.70. The number of halogens is 1. The molecule has 0 aliphatic carbocycles. The second-order valence-electron chi connectivity index (χ2n) is 4.12. The molecule has 0 unspecified atom stereocenters. The molecule has 0 saturated carbocycles. The first-order chi connectivity index (χ1) is 8.49. The number of nitrogens with zero attached hydrogens (tertiary/aromatic N) is 1. The fourth-order valence-electron chi connectivity index (χ4n) is 1.67. The van der Waals surface area contributed by atoms with Gasteiger partial charge in [0, 0.05) is 9.26 Å². The van der Waals surface area contributed by atoms with Gasteiger partial charge in [-0.25, -0.2) is 0 Å². The molecule has 2 aromatic rings. The van der Waals surface area contributed by atoms with Crippen LogP contribution < -0.4 is 5.32 Å². The highest BCUT2D eigenvalue weighted by atomic mass is 127. The van der Waals surface area contributed by atoms with Crippen LogP contribution in [0.3, 0.4) is 0 Å². The molecule has 0 saturated heterocycles. The standard InChI is InChI=1S/C13H13IN2O2/c1-7-4-5-10(6-11(7)14)15-13(17)12-8(2)16-18-9(12)3/h4-6H,1-3H3,(H,15,17). The first kappa shape index (κ1) is 13.1. The van der Waals surface area contributed by atoms with E-state index < -0.39 is 0 Å². The molecule has 1 aromatic heterocycles. The predicted octanol–water partition coefficient (Wildman–Crippen LogP) is 3.46. The molecule has 2 rings (SSSR count). The SMILES string of the molecule is Cc1ccc(NC(=O)c2c(C)noc2C)cc1I. The number of benzene rings is 1. The molecule has 0 spiro atoms. The normalized spacial score (nSPS) is 10.4. The van der Waals surface area contributed by atoms with Crippen LogP contribution in [0.1, 0.15) is 27.4 Å². The summed E-state index contributed by atoms with van der Waals surface area (Å²) >= 11 is 2.24. The Balaban J connectivity index is 2.24. The number of aromatic nitrogens is 1. The van der Waals surface area contributed by atoms with Crippen molar-refractivity contribution in [1.29, 1.82) is 0 Å². The maximum atomic E-state index is 12.1. The zero-order valence-electron chi connectivity index (χ0n) is 10.4. The number of nitrogens with one attached hydrogen (secondary N) is 1. The number of rotatable bonds is 2. The van der Waals surface area contributed by atoms with Crippen molar-refractivity contribution in [2.75, 3.05) is 5.32 Å². The smallest absolute Gasteiger partial charge is 0.261 e. The minimum atomic E-state index is -0.189. The topological polar surface area (TPSA) is 55.1 Å². The molecule has 0 aliphatic rings. The molecule has 1 N–H and O–H groups in total. The Hall–Kier alpha value is -1.37. The first-order valence-electron chi connectivity index (χ1n) is 5.49. The van der Waals surface area contributed by atoms with E-state index in [0.29, 0.717) is 17.0 Å². The molecule has 0 radical (unpaired) electrons. The van der Waals surface area contributed by atoms with E-state index in [-0.39, 0.29) is 5.91 Å². The lowest BCUT2D eigenvalue weighted by molar-refractivity contribution is 0.102. The van der Waals surface area contributed by atoms with Crippen molar-refractivity contribution < 1.29 is 9.32 Å². The van der Waals surface area contributed by atoms with E-state index >= 15 is 0 Å². The van der Waals surface area contributed by atoms with Crippen molar-refractivity contribution in [2.24, 2.45) is 0 Å². The third kappa shape index (κ3) is 2.55. The zero-order chi connectivity index (χ0) is 13.3. The highest BCUT2D eigenvalue weighted by Crippen LogP contribution is 2.19. The van der Waals surface area contributed by atoms with E-state index in [2.05, 4.69) is 33.1 Å². The highest BCUT2D eigenvalue weighted by Gasteiger charge is 2.17. The van der Waals surface area contributed by atoms with Crippen LogP contribution >= 0.6 is 22.6 Å². The van der Waals surface area contributed by atoms with Crippen LogP contribution in [-0.4, -0.2) is 11.1 Å². The third-order valence-corrected chi connectivity index (χ3v) is 3.85. The van der Waals surface area contributed by atoms with E-state index in [1.165, 1.54) is 5.56 Å². The van der Waals surface area contributed by atoms with E-state index in [1.54, 1.807) is 13.8 Å². The van der Waals surface area contributed by atoms with Gasteiger partial charge in [0.05, 0.1) is 5.69 Å². The van der Waals surface area contributed by atoms with Gasteiger partial charge in [-0.15, -0.1) is 0 Å². The van der Waals surface area contributed by atoms with Gasteiger partial charge in [-0.2, -0.15) is 0 Å². The molecule has 18 heavy (non-hydrogen) atoms. The molecular weight excluding hydrogens is 343 g/mol. The lowest BCUT2D eigenvalue weighted by atomic mass is 10.2. The molecule has 0 bridgehead atoms. The number of hydrogen-bond donors (Lipinski definition) is 1. The van der Waals surface area contributed by atoms with Gasteiger partial charge in [0.1, 0.15) is 11.3 Å². The molecule has 5 heteroatoms. The van der Waals surface area contributed by atoms with Crippen LogP contribution in [0.5, 0.6) is 0 Å². The van der Waals surface area contributed by atoms with Crippen LogP contribution in [0.25, 0.3) is 0 Å².